The highest BCUT2D eigenvalue weighted by molar-refractivity contribution is 8.00. The lowest BCUT2D eigenvalue weighted by atomic mass is 10.3. The summed E-state index contributed by atoms with van der Waals surface area (Å²) in [7, 11) is 0. The van der Waals surface area contributed by atoms with Crippen LogP contribution in [0, 0.1) is 0 Å². The minimum Gasteiger partial charge on any atom is -0.478 e. The van der Waals surface area contributed by atoms with E-state index in [4.69, 9.17) is 5.11 Å². The molecule has 0 aromatic carbocycles. The lowest BCUT2D eigenvalue weighted by Crippen LogP contribution is -2.31. The highest BCUT2D eigenvalue weighted by Crippen LogP contribution is 2.19. The first kappa shape index (κ1) is 14.8. The Morgan fingerprint density at radius 1 is 1.14 bits per heavy atom. The Hall–Kier alpha value is -2.61. The van der Waals surface area contributed by atoms with Crippen molar-refractivity contribution in [1.29, 1.82) is 0 Å². The number of carboxylic acids is 1. The van der Waals surface area contributed by atoms with Crippen LogP contribution in [0.3, 0.4) is 0 Å². The first-order valence-electron chi connectivity index (χ1n) is 5.94. The number of carbonyl (C=O) groups excluding carboxylic acids is 1. The van der Waals surface area contributed by atoms with Crippen molar-refractivity contribution in [1.82, 2.24) is 15.4 Å². The van der Waals surface area contributed by atoms with Crippen molar-refractivity contribution < 1.29 is 14.7 Å². The van der Waals surface area contributed by atoms with Crippen LogP contribution in [-0.4, -0.2) is 32.7 Å². The predicted molar refractivity (Wildman–Crippen MR) is 77.9 cm³/mol. The van der Waals surface area contributed by atoms with Crippen LogP contribution in [0.25, 0.3) is 0 Å². The van der Waals surface area contributed by atoms with E-state index in [1.807, 2.05) is 0 Å². The van der Waals surface area contributed by atoms with Crippen LogP contribution in [0.5, 0.6) is 0 Å². The third kappa shape index (κ3) is 4.46. The van der Waals surface area contributed by atoms with Crippen molar-refractivity contribution in [2.45, 2.75) is 5.03 Å². The van der Waals surface area contributed by atoms with E-state index in [2.05, 4.69) is 20.8 Å². The molecule has 0 bridgehead atoms. The summed E-state index contributed by atoms with van der Waals surface area (Å²) < 4.78 is 0. The van der Waals surface area contributed by atoms with Crippen LogP contribution in [0.4, 0.5) is 5.82 Å². The van der Waals surface area contributed by atoms with Crippen molar-refractivity contribution >= 4 is 29.5 Å². The zero-order valence-electron chi connectivity index (χ0n) is 10.8. The van der Waals surface area contributed by atoms with Gasteiger partial charge in [-0.25, -0.2) is 14.8 Å². The van der Waals surface area contributed by atoms with E-state index in [1.165, 1.54) is 18.3 Å². The lowest BCUT2D eigenvalue weighted by Gasteiger charge is -2.07. The molecule has 0 fully saturated rings. The second-order valence-electron chi connectivity index (χ2n) is 3.84. The minimum atomic E-state index is -1.07. The zero-order valence-corrected chi connectivity index (χ0v) is 11.6. The molecule has 0 aliphatic carbocycles. The first-order chi connectivity index (χ1) is 10.2. The molecule has 0 aliphatic rings. The van der Waals surface area contributed by atoms with E-state index in [0.717, 1.165) is 11.8 Å². The van der Waals surface area contributed by atoms with E-state index >= 15 is 0 Å². The van der Waals surface area contributed by atoms with Crippen LogP contribution in [0.2, 0.25) is 0 Å². The SMILES string of the molecule is O=C(CSc1ncccc1C(=O)O)NNc1ccccn1. The van der Waals surface area contributed by atoms with E-state index < -0.39 is 5.97 Å². The molecule has 2 aromatic rings. The largest absolute Gasteiger partial charge is 0.478 e. The zero-order chi connectivity index (χ0) is 15.1. The second kappa shape index (κ2) is 7.25. The number of hydrogen-bond donors (Lipinski definition) is 3. The average Bonchev–Trinajstić information content (AvgIpc) is 2.52. The molecule has 2 rings (SSSR count). The highest BCUT2D eigenvalue weighted by atomic mass is 32.2. The number of hydrogen-bond acceptors (Lipinski definition) is 6. The van der Waals surface area contributed by atoms with E-state index in [1.54, 1.807) is 24.4 Å². The summed E-state index contributed by atoms with van der Waals surface area (Å²) >= 11 is 1.05. The van der Waals surface area contributed by atoms with Gasteiger partial charge in [-0.15, -0.1) is 0 Å². The van der Waals surface area contributed by atoms with Crippen molar-refractivity contribution in [3.05, 3.63) is 48.3 Å². The van der Waals surface area contributed by atoms with Gasteiger partial charge in [-0.1, -0.05) is 17.8 Å². The molecule has 0 unspecified atom stereocenters. The number of rotatable bonds is 6. The van der Waals surface area contributed by atoms with Crippen LogP contribution in [0.15, 0.2) is 47.8 Å². The monoisotopic (exact) mass is 304 g/mol. The van der Waals surface area contributed by atoms with E-state index in [9.17, 15) is 9.59 Å². The number of carbonyl (C=O) groups is 2. The van der Waals surface area contributed by atoms with Gasteiger partial charge in [0.2, 0.25) is 5.91 Å². The van der Waals surface area contributed by atoms with Crippen LogP contribution in [-0.2, 0) is 4.79 Å². The molecule has 0 saturated heterocycles. The minimum absolute atomic E-state index is 0.0388. The molecule has 108 valence electrons. The molecule has 21 heavy (non-hydrogen) atoms. The van der Waals surface area contributed by atoms with Gasteiger partial charge < -0.3 is 5.11 Å². The normalized spacial score (nSPS) is 9.90. The lowest BCUT2D eigenvalue weighted by molar-refractivity contribution is -0.118. The van der Waals surface area contributed by atoms with Gasteiger partial charge in [-0.2, -0.15) is 0 Å². The number of aromatic carboxylic acids is 1. The van der Waals surface area contributed by atoms with Gasteiger partial charge in [0.1, 0.15) is 10.8 Å². The molecular formula is C13H12N4O3S. The number of hydrazine groups is 1. The molecule has 0 saturated carbocycles. The fourth-order valence-electron chi connectivity index (χ4n) is 1.41. The Kier molecular flexibility index (Phi) is 5.10. The topological polar surface area (TPSA) is 104 Å². The Morgan fingerprint density at radius 2 is 1.95 bits per heavy atom. The number of thioether (sulfide) groups is 1. The van der Waals surface area contributed by atoms with Crippen LogP contribution in [0.1, 0.15) is 10.4 Å². The summed E-state index contributed by atoms with van der Waals surface area (Å²) in [6.07, 6.45) is 3.08. The summed E-state index contributed by atoms with van der Waals surface area (Å²) in [5, 5.41) is 9.31. The molecule has 1 amide bonds. The molecular weight excluding hydrogens is 292 g/mol. The molecule has 3 N–H and O–H groups in total. The third-order valence-electron chi connectivity index (χ3n) is 2.34. The van der Waals surface area contributed by atoms with Gasteiger partial charge in [0.05, 0.1) is 11.3 Å². The van der Waals surface area contributed by atoms with Gasteiger partial charge in [0.15, 0.2) is 0 Å². The molecule has 0 radical (unpaired) electrons. The number of carboxylic acid groups (broad SMARTS) is 1. The quantitative estimate of drug-likeness (QED) is 0.547. The Balaban J connectivity index is 1.86. The highest BCUT2D eigenvalue weighted by Gasteiger charge is 2.12. The number of aromatic nitrogens is 2. The van der Waals surface area contributed by atoms with E-state index in [0.29, 0.717) is 10.8 Å². The molecule has 0 spiro atoms. The third-order valence-corrected chi connectivity index (χ3v) is 3.34. The van der Waals surface area contributed by atoms with Gasteiger partial charge in [-0.05, 0) is 24.3 Å². The molecule has 0 aliphatic heterocycles. The molecule has 2 aromatic heterocycles. The Bertz CT molecular complexity index is 636. The van der Waals surface area contributed by atoms with Gasteiger partial charge in [0, 0.05) is 12.4 Å². The van der Waals surface area contributed by atoms with Gasteiger partial charge in [-0.3, -0.25) is 15.6 Å². The number of anilines is 1. The van der Waals surface area contributed by atoms with Gasteiger partial charge in [0.25, 0.3) is 0 Å². The van der Waals surface area contributed by atoms with Gasteiger partial charge >= 0.3 is 5.97 Å². The fourth-order valence-corrected chi connectivity index (χ4v) is 2.20. The van der Waals surface area contributed by atoms with Crippen molar-refractivity contribution in [3.8, 4) is 0 Å². The Labute approximate surface area is 124 Å². The van der Waals surface area contributed by atoms with Crippen molar-refractivity contribution in [2.75, 3.05) is 11.2 Å². The maximum absolute atomic E-state index is 11.7. The number of nitrogens with one attached hydrogen (secondary N) is 2. The molecule has 7 nitrogen and oxygen atoms in total. The summed E-state index contributed by atoms with van der Waals surface area (Å²) in [6, 6.07) is 8.23. The van der Waals surface area contributed by atoms with Crippen LogP contribution >= 0.6 is 11.8 Å². The summed E-state index contributed by atoms with van der Waals surface area (Å²) in [6.45, 7) is 0. The van der Waals surface area contributed by atoms with Crippen LogP contribution < -0.4 is 10.9 Å². The Morgan fingerprint density at radius 3 is 2.67 bits per heavy atom. The average molecular weight is 304 g/mol. The van der Waals surface area contributed by atoms with Crippen molar-refractivity contribution in [3.63, 3.8) is 0 Å². The number of amides is 1. The maximum Gasteiger partial charge on any atom is 0.338 e. The molecule has 0 atom stereocenters. The molecule has 2 heterocycles. The predicted octanol–water partition coefficient (Wildman–Crippen LogP) is 1.41. The number of nitrogens with zero attached hydrogens (tertiary/aromatic N) is 2. The first-order valence-corrected chi connectivity index (χ1v) is 6.92. The maximum atomic E-state index is 11.7. The fraction of sp³-hybridized carbons (Fsp3) is 0.0769. The smallest absolute Gasteiger partial charge is 0.338 e. The summed E-state index contributed by atoms with van der Waals surface area (Å²) in [5.74, 6) is -0.831. The molecule has 8 heteroatoms. The summed E-state index contributed by atoms with van der Waals surface area (Å²) in [4.78, 5) is 30.6. The van der Waals surface area contributed by atoms with Crippen molar-refractivity contribution in [2.24, 2.45) is 0 Å². The number of pyridine rings is 2. The summed E-state index contributed by atoms with van der Waals surface area (Å²) in [5.41, 5.74) is 5.20. The standard InChI is InChI=1S/C13H12N4O3S/c18-11(17-16-10-5-1-2-6-14-10)8-21-12-9(13(19)20)4-3-7-15-12/h1-7H,8H2,(H,14,16)(H,17,18)(H,19,20). The van der Waals surface area contributed by atoms with E-state index in [-0.39, 0.29) is 17.2 Å². The second-order valence-corrected chi connectivity index (χ2v) is 4.80.